The normalized spacial score (nSPS) is 18.2. The van der Waals surface area contributed by atoms with Gasteiger partial charge in [-0.15, -0.1) is 11.3 Å². The Hall–Kier alpha value is -1.22. The lowest BCUT2D eigenvalue weighted by Gasteiger charge is -2.31. The van der Waals surface area contributed by atoms with E-state index in [2.05, 4.69) is 10.1 Å². The van der Waals surface area contributed by atoms with Gasteiger partial charge in [0.1, 0.15) is 4.21 Å². The van der Waals surface area contributed by atoms with Crippen molar-refractivity contribution in [1.29, 1.82) is 0 Å². The molecule has 0 amide bonds. The van der Waals surface area contributed by atoms with Crippen LogP contribution in [-0.2, 0) is 10.0 Å². The van der Waals surface area contributed by atoms with E-state index in [-0.39, 0.29) is 0 Å². The molecule has 1 aliphatic rings. The lowest BCUT2D eigenvalue weighted by molar-refractivity contribution is 0.222. The molecule has 0 N–H and O–H groups in total. The molecule has 8 heteroatoms. The molecule has 114 valence electrons. The maximum absolute atomic E-state index is 12.6. The SMILES string of the molecule is Cc1cc(-c2csc(S(=O)(=O)N3CCN(C)CC3)c2)on1. The molecule has 3 heterocycles. The van der Waals surface area contributed by atoms with E-state index < -0.39 is 10.0 Å². The average Bonchev–Trinajstić information content (AvgIpc) is 3.08. The highest BCUT2D eigenvalue weighted by molar-refractivity contribution is 7.91. The van der Waals surface area contributed by atoms with E-state index in [0.717, 1.165) is 24.3 Å². The number of nitrogens with zero attached hydrogens (tertiary/aromatic N) is 3. The topological polar surface area (TPSA) is 66.7 Å². The first-order chi connectivity index (χ1) is 9.96. The Morgan fingerprint density at radius 2 is 1.95 bits per heavy atom. The summed E-state index contributed by atoms with van der Waals surface area (Å²) in [5.41, 5.74) is 1.54. The third-order valence-corrected chi connectivity index (χ3v) is 6.86. The fourth-order valence-electron chi connectivity index (χ4n) is 2.24. The molecule has 1 saturated heterocycles. The maximum atomic E-state index is 12.6. The van der Waals surface area contributed by atoms with Crippen molar-refractivity contribution in [3.63, 3.8) is 0 Å². The van der Waals surface area contributed by atoms with E-state index in [4.69, 9.17) is 4.52 Å². The number of hydrogen-bond acceptors (Lipinski definition) is 6. The van der Waals surface area contributed by atoms with Crippen LogP contribution in [0.5, 0.6) is 0 Å². The number of hydrogen-bond donors (Lipinski definition) is 0. The largest absolute Gasteiger partial charge is 0.356 e. The van der Waals surface area contributed by atoms with Gasteiger partial charge in [-0.3, -0.25) is 0 Å². The van der Waals surface area contributed by atoms with Crippen LogP contribution in [-0.4, -0.2) is 56.0 Å². The summed E-state index contributed by atoms with van der Waals surface area (Å²) < 4.78 is 32.3. The summed E-state index contributed by atoms with van der Waals surface area (Å²) in [5, 5.41) is 5.62. The number of likely N-dealkylation sites (N-methyl/N-ethyl adjacent to an activating group) is 1. The number of aryl methyl sites for hydroxylation is 1. The van der Waals surface area contributed by atoms with Crippen molar-refractivity contribution in [2.24, 2.45) is 0 Å². The van der Waals surface area contributed by atoms with E-state index in [1.807, 2.05) is 14.0 Å². The first-order valence-electron chi connectivity index (χ1n) is 6.68. The minimum atomic E-state index is -3.40. The molecule has 1 fully saturated rings. The second kappa shape index (κ2) is 5.53. The van der Waals surface area contributed by atoms with Gasteiger partial charge in [-0.25, -0.2) is 8.42 Å². The molecular weight excluding hydrogens is 310 g/mol. The zero-order valence-corrected chi connectivity index (χ0v) is 13.6. The second-order valence-electron chi connectivity index (χ2n) is 5.19. The van der Waals surface area contributed by atoms with Gasteiger partial charge in [0.2, 0.25) is 0 Å². The third-order valence-electron chi connectivity index (χ3n) is 3.54. The predicted octanol–water partition coefficient (Wildman–Crippen LogP) is 1.65. The van der Waals surface area contributed by atoms with Gasteiger partial charge in [-0.2, -0.15) is 4.31 Å². The predicted molar refractivity (Wildman–Crippen MR) is 80.8 cm³/mol. The summed E-state index contributed by atoms with van der Waals surface area (Å²) in [7, 11) is -1.40. The smallest absolute Gasteiger partial charge is 0.252 e. The molecule has 6 nitrogen and oxygen atoms in total. The molecule has 0 radical (unpaired) electrons. The van der Waals surface area contributed by atoms with Crippen molar-refractivity contribution in [1.82, 2.24) is 14.4 Å². The second-order valence-corrected chi connectivity index (χ2v) is 8.27. The molecule has 3 rings (SSSR count). The van der Waals surface area contributed by atoms with Gasteiger partial charge in [0.25, 0.3) is 10.0 Å². The van der Waals surface area contributed by atoms with Crippen molar-refractivity contribution in [2.45, 2.75) is 11.1 Å². The number of piperazine rings is 1. The Morgan fingerprint density at radius 3 is 2.57 bits per heavy atom. The first-order valence-corrected chi connectivity index (χ1v) is 9.00. The summed E-state index contributed by atoms with van der Waals surface area (Å²) in [6.07, 6.45) is 0. The van der Waals surface area contributed by atoms with Crippen molar-refractivity contribution in [3.8, 4) is 11.3 Å². The Bertz CT molecular complexity index is 727. The summed E-state index contributed by atoms with van der Waals surface area (Å²) in [6, 6.07) is 3.46. The molecular formula is C13H17N3O3S2. The summed E-state index contributed by atoms with van der Waals surface area (Å²) in [5.74, 6) is 0.601. The van der Waals surface area contributed by atoms with Gasteiger partial charge in [0.05, 0.1) is 5.69 Å². The molecule has 21 heavy (non-hydrogen) atoms. The molecule has 0 bridgehead atoms. The zero-order chi connectivity index (χ0) is 15.0. The lowest BCUT2D eigenvalue weighted by atomic mass is 10.2. The summed E-state index contributed by atoms with van der Waals surface area (Å²) in [6.45, 7) is 4.43. The highest BCUT2D eigenvalue weighted by atomic mass is 32.2. The lowest BCUT2D eigenvalue weighted by Crippen LogP contribution is -2.46. The third kappa shape index (κ3) is 2.89. The van der Waals surface area contributed by atoms with Crippen LogP contribution in [0.3, 0.4) is 0 Å². The van der Waals surface area contributed by atoms with Gasteiger partial charge in [-0.1, -0.05) is 5.16 Å². The van der Waals surface area contributed by atoms with Crippen molar-refractivity contribution >= 4 is 21.4 Å². The maximum Gasteiger partial charge on any atom is 0.252 e. The van der Waals surface area contributed by atoms with Gasteiger partial charge >= 0.3 is 0 Å². The van der Waals surface area contributed by atoms with Crippen LogP contribution in [0.15, 0.2) is 26.2 Å². The van der Waals surface area contributed by atoms with Crippen LogP contribution in [0.1, 0.15) is 5.69 Å². The van der Waals surface area contributed by atoms with Crippen molar-refractivity contribution < 1.29 is 12.9 Å². The van der Waals surface area contributed by atoms with Crippen molar-refractivity contribution in [2.75, 3.05) is 33.2 Å². The standard InChI is InChI=1S/C13H17N3O3S2/c1-10-7-12(19-14-10)11-8-13(20-9-11)21(17,18)16-5-3-15(2)4-6-16/h7-9H,3-6H2,1-2H3. The van der Waals surface area contributed by atoms with E-state index >= 15 is 0 Å². The van der Waals surface area contributed by atoms with Crippen LogP contribution in [0.25, 0.3) is 11.3 Å². The zero-order valence-electron chi connectivity index (χ0n) is 11.9. The molecule has 0 atom stereocenters. The minimum Gasteiger partial charge on any atom is -0.356 e. The number of thiophene rings is 1. The Balaban J connectivity index is 1.85. The van der Waals surface area contributed by atoms with Gasteiger partial charge in [-0.05, 0) is 20.0 Å². The van der Waals surface area contributed by atoms with Gasteiger partial charge in [0, 0.05) is 43.2 Å². The fraction of sp³-hybridized carbons (Fsp3) is 0.462. The molecule has 0 aliphatic carbocycles. The number of sulfonamides is 1. The van der Waals surface area contributed by atoms with Gasteiger partial charge in [0.15, 0.2) is 5.76 Å². The number of rotatable bonds is 3. The molecule has 0 aromatic carbocycles. The molecule has 0 spiro atoms. The van der Waals surface area contributed by atoms with Crippen LogP contribution < -0.4 is 0 Å². The summed E-state index contributed by atoms with van der Waals surface area (Å²) >= 11 is 1.22. The van der Waals surface area contributed by atoms with Crippen molar-refractivity contribution in [3.05, 3.63) is 23.2 Å². The molecule has 0 unspecified atom stereocenters. The first kappa shape index (κ1) is 14.7. The Kier molecular flexibility index (Phi) is 3.87. The average molecular weight is 327 g/mol. The molecule has 2 aromatic heterocycles. The Labute approximate surface area is 128 Å². The van der Waals surface area contributed by atoms with Crippen LogP contribution in [0, 0.1) is 6.92 Å². The fourth-order valence-corrected chi connectivity index (χ4v) is 4.98. The quantitative estimate of drug-likeness (QED) is 0.857. The Morgan fingerprint density at radius 1 is 1.24 bits per heavy atom. The molecule has 1 aliphatic heterocycles. The summed E-state index contributed by atoms with van der Waals surface area (Å²) in [4.78, 5) is 2.13. The van der Waals surface area contributed by atoms with E-state index in [9.17, 15) is 8.42 Å². The highest BCUT2D eigenvalue weighted by Crippen LogP contribution is 2.30. The number of aromatic nitrogens is 1. The molecule has 0 saturated carbocycles. The highest BCUT2D eigenvalue weighted by Gasteiger charge is 2.29. The minimum absolute atomic E-state index is 0.358. The van der Waals surface area contributed by atoms with Crippen LogP contribution in [0.4, 0.5) is 0 Å². The molecule has 2 aromatic rings. The monoisotopic (exact) mass is 327 g/mol. The van der Waals surface area contributed by atoms with E-state index in [1.54, 1.807) is 21.8 Å². The van der Waals surface area contributed by atoms with Gasteiger partial charge < -0.3 is 9.42 Å². The van der Waals surface area contributed by atoms with Crippen LogP contribution >= 0.6 is 11.3 Å². The van der Waals surface area contributed by atoms with E-state index in [0.29, 0.717) is 23.1 Å². The van der Waals surface area contributed by atoms with Crippen LogP contribution in [0.2, 0.25) is 0 Å². The van der Waals surface area contributed by atoms with E-state index in [1.165, 1.54) is 11.3 Å².